The number of hydrogen-bond donors (Lipinski definition) is 1. The fraction of sp³-hybridized carbons (Fsp3) is 0.478. The predicted molar refractivity (Wildman–Crippen MR) is 110 cm³/mol. The van der Waals surface area contributed by atoms with Crippen molar-refractivity contribution in [1.29, 1.82) is 0 Å². The van der Waals surface area contributed by atoms with Crippen molar-refractivity contribution in [3.8, 4) is 11.5 Å². The summed E-state index contributed by atoms with van der Waals surface area (Å²) in [6.07, 6.45) is 7.30. The third-order valence-corrected chi connectivity index (χ3v) is 4.27. The van der Waals surface area contributed by atoms with E-state index in [0.717, 1.165) is 49.8 Å². The SMILES string of the molecule is CCCCCCCOc1cccc(NCc2ccccc2OCCC)c1. The highest BCUT2D eigenvalue weighted by Crippen LogP contribution is 2.22. The van der Waals surface area contributed by atoms with Crippen LogP contribution < -0.4 is 14.8 Å². The molecule has 2 aromatic rings. The number of rotatable bonds is 13. The smallest absolute Gasteiger partial charge is 0.124 e. The van der Waals surface area contributed by atoms with Crippen LogP contribution in [0.5, 0.6) is 11.5 Å². The molecule has 1 N–H and O–H groups in total. The molecule has 2 rings (SSSR count). The molecule has 0 aliphatic heterocycles. The van der Waals surface area contributed by atoms with E-state index < -0.39 is 0 Å². The summed E-state index contributed by atoms with van der Waals surface area (Å²) in [5.74, 6) is 1.89. The molecular weight excluding hydrogens is 322 g/mol. The van der Waals surface area contributed by atoms with Crippen LogP contribution in [0.3, 0.4) is 0 Å². The zero-order valence-electron chi connectivity index (χ0n) is 16.3. The second kappa shape index (κ2) is 12.2. The Kier molecular flexibility index (Phi) is 9.48. The standard InChI is InChI=1S/C23H33NO2/c1-3-5-6-7-10-17-25-22-14-11-13-21(18-22)24-19-20-12-8-9-15-23(20)26-16-4-2/h8-9,11-15,18,24H,3-7,10,16-17,19H2,1-2H3. The van der Waals surface area contributed by atoms with Crippen molar-refractivity contribution in [2.24, 2.45) is 0 Å². The van der Waals surface area contributed by atoms with Crippen molar-refractivity contribution >= 4 is 5.69 Å². The highest BCUT2D eigenvalue weighted by atomic mass is 16.5. The van der Waals surface area contributed by atoms with Gasteiger partial charge in [-0.2, -0.15) is 0 Å². The average Bonchev–Trinajstić information content (AvgIpc) is 2.68. The summed E-state index contributed by atoms with van der Waals surface area (Å²) in [6.45, 7) is 6.64. The lowest BCUT2D eigenvalue weighted by atomic mass is 10.2. The molecule has 0 fully saturated rings. The molecule has 142 valence electrons. The van der Waals surface area contributed by atoms with E-state index in [4.69, 9.17) is 9.47 Å². The molecule has 3 nitrogen and oxygen atoms in total. The molecule has 0 unspecified atom stereocenters. The zero-order valence-corrected chi connectivity index (χ0v) is 16.3. The second-order valence-corrected chi connectivity index (χ2v) is 6.60. The van der Waals surface area contributed by atoms with Gasteiger partial charge in [-0.25, -0.2) is 0 Å². The Balaban J connectivity index is 1.81. The Hall–Kier alpha value is -2.16. The Labute approximate surface area is 158 Å². The first-order valence-corrected chi connectivity index (χ1v) is 10.0. The van der Waals surface area contributed by atoms with E-state index in [2.05, 4.69) is 37.4 Å². The summed E-state index contributed by atoms with van der Waals surface area (Å²) < 4.78 is 11.7. The van der Waals surface area contributed by atoms with Gasteiger partial charge in [-0.05, 0) is 31.0 Å². The van der Waals surface area contributed by atoms with Crippen molar-refractivity contribution in [3.05, 3.63) is 54.1 Å². The fourth-order valence-corrected chi connectivity index (χ4v) is 2.79. The minimum atomic E-state index is 0.736. The van der Waals surface area contributed by atoms with E-state index in [9.17, 15) is 0 Å². The number of anilines is 1. The minimum Gasteiger partial charge on any atom is -0.494 e. The highest BCUT2D eigenvalue weighted by Gasteiger charge is 2.03. The first-order chi connectivity index (χ1) is 12.8. The molecule has 0 aliphatic carbocycles. The Morgan fingerprint density at radius 2 is 1.62 bits per heavy atom. The maximum atomic E-state index is 5.89. The van der Waals surface area contributed by atoms with Crippen LogP contribution in [0.25, 0.3) is 0 Å². The summed E-state index contributed by atoms with van der Waals surface area (Å²) in [7, 11) is 0. The van der Waals surface area contributed by atoms with E-state index in [1.54, 1.807) is 0 Å². The molecule has 0 aromatic heterocycles. The molecule has 2 aromatic carbocycles. The first kappa shape index (κ1) is 20.2. The number of benzene rings is 2. The lowest BCUT2D eigenvalue weighted by molar-refractivity contribution is 0.304. The lowest BCUT2D eigenvalue weighted by Gasteiger charge is -2.13. The molecule has 0 heterocycles. The fourth-order valence-electron chi connectivity index (χ4n) is 2.79. The van der Waals surface area contributed by atoms with Gasteiger partial charge in [0, 0.05) is 23.9 Å². The van der Waals surface area contributed by atoms with Gasteiger partial charge in [-0.3, -0.25) is 0 Å². The first-order valence-electron chi connectivity index (χ1n) is 10.0. The topological polar surface area (TPSA) is 30.5 Å². The van der Waals surface area contributed by atoms with Gasteiger partial charge in [0.2, 0.25) is 0 Å². The molecule has 0 amide bonds. The third-order valence-electron chi connectivity index (χ3n) is 4.27. The normalized spacial score (nSPS) is 10.5. The van der Waals surface area contributed by atoms with E-state index >= 15 is 0 Å². The van der Waals surface area contributed by atoms with Crippen LogP contribution in [0.15, 0.2) is 48.5 Å². The molecule has 0 spiro atoms. The summed E-state index contributed by atoms with van der Waals surface area (Å²) in [5.41, 5.74) is 2.24. The van der Waals surface area contributed by atoms with E-state index in [1.165, 1.54) is 31.2 Å². The van der Waals surface area contributed by atoms with E-state index in [1.807, 2.05) is 30.3 Å². The second-order valence-electron chi connectivity index (χ2n) is 6.60. The Morgan fingerprint density at radius 1 is 0.769 bits per heavy atom. The van der Waals surface area contributed by atoms with Crippen LogP contribution in [-0.2, 0) is 6.54 Å². The number of para-hydroxylation sites is 1. The molecule has 0 radical (unpaired) electrons. The number of nitrogens with one attached hydrogen (secondary N) is 1. The number of ether oxygens (including phenoxy) is 2. The third kappa shape index (κ3) is 7.38. The predicted octanol–water partition coefficient (Wildman–Crippen LogP) is 6.44. The van der Waals surface area contributed by atoms with Crippen molar-refractivity contribution in [3.63, 3.8) is 0 Å². The summed E-state index contributed by atoms with van der Waals surface area (Å²) in [5, 5.41) is 3.48. The van der Waals surface area contributed by atoms with Crippen LogP contribution in [0.2, 0.25) is 0 Å². The van der Waals surface area contributed by atoms with Crippen LogP contribution in [0.4, 0.5) is 5.69 Å². The largest absolute Gasteiger partial charge is 0.494 e. The van der Waals surface area contributed by atoms with Crippen molar-refractivity contribution < 1.29 is 9.47 Å². The molecule has 0 aliphatic rings. The van der Waals surface area contributed by atoms with Gasteiger partial charge >= 0.3 is 0 Å². The summed E-state index contributed by atoms with van der Waals surface area (Å²) >= 11 is 0. The molecule has 0 bridgehead atoms. The van der Waals surface area contributed by atoms with Crippen molar-refractivity contribution in [2.45, 2.75) is 58.9 Å². The lowest BCUT2D eigenvalue weighted by Crippen LogP contribution is -2.04. The van der Waals surface area contributed by atoms with Gasteiger partial charge in [-0.1, -0.05) is 63.8 Å². The molecular formula is C23H33NO2. The number of unbranched alkanes of at least 4 members (excludes halogenated alkanes) is 4. The molecule has 0 saturated heterocycles. The van der Waals surface area contributed by atoms with Gasteiger partial charge in [0.1, 0.15) is 11.5 Å². The monoisotopic (exact) mass is 355 g/mol. The Morgan fingerprint density at radius 3 is 2.46 bits per heavy atom. The average molecular weight is 356 g/mol. The molecule has 26 heavy (non-hydrogen) atoms. The quantitative estimate of drug-likeness (QED) is 0.420. The van der Waals surface area contributed by atoms with Crippen LogP contribution >= 0.6 is 0 Å². The maximum Gasteiger partial charge on any atom is 0.124 e. The number of hydrogen-bond acceptors (Lipinski definition) is 3. The van der Waals surface area contributed by atoms with E-state index in [-0.39, 0.29) is 0 Å². The summed E-state index contributed by atoms with van der Waals surface area (Å²) in [4.78, 5) is 0. The maximum absolute atomic E-state index is 5.89. The summed E-state index contributed by atoms with van der Waals surface area (Å²) in [6, 6.07) is 16.4. The Bertz CT molecular complexity index is 627. The molecule has 0 saturated carbocycles. The van der Waals surface area contributed by atoms with Gasteiger partial charge < -0.3 is 14.8 Å². The van der Waals surface area contributed by atoms with Crippen molar-refractivity contribution in [1.82, 2.24) is 0 Å². The molecule has 3 heteroatoms. The van der Waals surface area contributed by atoms with E-state index in [0.29, 0.717) is 0 Å². The van der Waals surface area contributed by atoms with Crippen LogP contribution in [0, 0.1) is 0 Å². The van der Waals surface area contributed by atoms with Crippen LogP contribution in [-0.4, -0.2) is 13.2 Å². The van der Waals surface area contributed by atoms with Crippen molar-refractivity contribution in [2.75, 3.05) is 18.5 Å². The minimum absolute atomic E-state index is 0.736. The highest BCUT2D eigenvalue weighted by molar-refractivity contribution is 5.49. The van der Waals surface area contributed by atoms with Gasteiger partial charge in [0.05, 0.1) is 13.2 Å². The van der Waals surface area contributed by atoms with Gasteiger partial charge in [-0.15, -0.1) is 0 Å². The zero-order chi connectivity index (χ0) is 18.5. The molecule has 0 atom stereocenters. The van der Waals surface area contributed by atoms with Gasteiger partial charge in [0.25, 0.3) is 0 Å². The van der Waals surface area contributed by atoms with Crippen LogP contribution in [0.1, 0.15) is 57.9 Å². The van der Waals surface area contributed by atoms with Gasteiger partial charge in [0.15, 0.2) is 0 Å².